The van der Waals surface area contributed by atoms with E-state index in [9.17, 15) is 4.79 Å². The molecule has 2 rings (SSSR count). The number of carbonyl (C=O) groups is 1. The molecule has 4 heteroatoms. The van der Waals surface area contributed by atoms with Crippen LogP contribution in [0.15, 0.2) is 0 Å². The van der Waals surface area contributed by atoms with Crippen LogP contribution >= 0.6 is 0 Å². The van der Waals surface area contributed by atoms with Crippen molar-refractivity contribution in [3.63, 3.8) is 0 Å². The molecule has 0 aromatic rings. The molecule has 0 unspecified atom stereocenters. The van der Waals surface area contributed by atoms with Crippen molar-refractivity contribution >= 4 is 5.97 Å². The molecule has 1 saturated heterocycles. The Morgan fingerprint density at radius 2 is 2.46 bits per heavy atom. The molecular weight excluding hydrogens is 170 g/mol. The third-order valence-electron chi connectivity index (χ3n) is 3.56. The first kappa shape index (κ1) is 8.97. The summed E-state index contributed by atoms with van der Waals surface area (Å²) in [5.74, 6) is -0.166. The molecule has 13 heavy (non-hydrogen) atoms. The molecule has 1 spiro atoms. The molecule has 1 aliphatic carbocycles. The fourth-order valence-electron chi connectivity index (χ4n) is 2.51. The molecule has 2 atom stereocenters. The van der Waals surface area contributed by atoms with Gasteiger partial charge in [0.15, 0.2) is 0 Å². The molecule has 0 aromatic heterocycles. The van der Waals surface area contributed by atoms with E-state index in [-0.39, 0.29) is 11.4 Å². The van der Waals surface area contributed by atoms with E-state index in [1.165, 1.54) is 7.11 Å². The zero-order valence-electron chi connectivity index (χ0n) is 7.84. The molecule has 1 heterocycles. The first-order valence-electron chi connectivity index (χ1n) is 4.57. The molecule has 2 fully saturated rings. The average Bonchev–Trinajstić information content (AvgIpc) is 2.52. The summed E-state index contributed by atoms with van der Waals surface area (Å²) in [7, 11) is 1.42. The molecule has 1 saturated carbocycles. The van der Waals surface area contributed by atoms with E-state index in [4.69, 9.17) is 15.2 Å². The maximum atomic E-state index is 11.5. The van der Waals surface area contributed by atoms with E-state index in [1.807, 2.05) is 0 Å². The highest BCUT2D eigenvalue weighted by Gasteiger charge is 2.72. The number of carbonyl (C=O) groups excluding carboxylic acids is 1. The van der Waals surface area contributed by atoms with E-state index < -0.39 is 5.41 Å². The van der Waals surface area contributed by atoms with Crippen LogP contribution in [0.2, 0.25) is 0 Å². The molecule has 0 amide bonds. The normalized spacial score (nSPS) is 42.3. The number of hydrogen-bond donors (Lipinski definition) is 1. The Morgan fingerprint density at radius 3 is 2.92 bits per heavy atom. The maximum absolute atomic E-state index is 11.5. The maximum Gasteiger partial charge on any atom is 0.313 e. The van der Waals surface area contributed by atoms with Crippen molar-refractivity contribution in [1.29, 1.82) is 0 Å². The van der Waals surface area contributed by atoms with E-state index in [0.717, 1.165) is 19.4 Å². The van der Waals surface area contributed by atoms with E-state index >= 15 is 0 Å². The smallest absolute Gasteiger partial charge is 0.313 e. The second kappa shape index (κ2) is 2.69. The summed E-state index contributed by atoms with van der Waals surface area (Å²) in [6, 6.07) is 0. The van der Waals surface area contributed by atoms with Gasteiger partial charge in [0, 0.05) is 18.6 Å². The highest BCUT2D eigenvalue weighted by Crippen LogP contribution is 2.67. The minimum absolute atomic E-state index is 0.00877. The van der Waals surface area contributed by atoms with Crippen LogP contribution in [-0.4, -0.2) is 32.8 Å². The standard InChI is InChI=1S/C9H15NO3/c1-12-7(11)9(5-10)4-8(9)2-3-13-6-8/h2-6,10H2,1H3/t8-,9-/m1/s1. The summed E-state index contributed by atoms with van der Waals surface area (Å²) in [5.41, 5.74) is 5.22. The summed E-state index contributed by atoms with van der Waals surface area (Å²) in [5, 5.41) is 0. The lowest BCUT2D eigenvalue weighted by Crippen LogP contribution is -2.33. The van der Waals surface area contributed by atoms with Crippen molar-refractivity contribution in [2.45, 2.75) is 12.8 Å². The zero-order valence-corrected chi connectivity index (χ0v) is 7.84. The van der Waals surface area contributed by atoms with Crippen LogP contribution < -0.4 is 5.73 Å². The minimum atomic E-state index is -0.432. The number of nitrogens with two attached hydrogens (primary N) is 1. The second-order valence-electron chi connectivity index (χ2n) is 4.04. The summed E-state index contributed by atoms with van der Waals surface area (Å²) in [4.78, 5) is 11.5. The van der Waals surface area contributed by atoms with Gasteiger partial charge in [-0.2, -0.15) is 0 Å². The van der Waals surface area contributed by atoms with Crippen molar-refractivity contribution in [2.24, 2.45) is 16.6 Å². The molecule has 2 N–H and O–H groups in total. The van der Waals surface area contributed by atoms with Crippen molar-refractivity contribution in [2.75, 3.05) is 26.9 Å². The quantitative estimate of drug-likeness (QED) is 0.611. The third kappa shape index (κ3) is 0.957. The van der Waals surface area contributed by atoms with Gasteiger partial charge in [0.1, 0.15) is 0 Å². The molecule has 0 aromatic carbocycles. The highest BCUT2D eigenvalue weighted by molar-refractivity contribution is 5.82. The van der Waals surface area contributed by atoms with Gasteiger partial charge in [0.2, 0.25) is 0 Å². The van der Waals surface area contributed by atoms with E-state index in [1.54, 1.807) is 0 Å². The number of esters is 1. The lowest BCUT2D eigenvalue weighted by molar-refractivity contribution is -0.148. The van der Waals surface area contributed by atoms with E-state index in [0.29, 0.717) is 13.2 Å². The van der Waals surface area contributed by atoms with Crippen molar-refractivity contribution in [1.82, 2.24) is 0 Å². The van der Waals surface area contributed by atoms with Gasteiger partial charge in [-0.15, -0.1) is 0 Å². The van der Waals surface area contributed by atoms with Crippen LogP contribution in [0.5, 0.6) is 0 Å². The Hall–Kier alpha value is -0.610. The second-order valence-corrected chi connectivity index (χ2v) is 4.04. The molecule has 0 radical (unpaired) electrons. The first-order chi connectivity index (χ1) is 6.21. The molecule has 1 aliphatic heterocycles. The SMILES string of the molecule is COC(=O)[C@]1(CN)C[C@@]12CCOC2. The summed E-state index contributed by atoms with van der Waals surface area (Å²) < 4.78 is 10.1. The number of rotatable bonds is 2. The van der Waals surface area contributed by atoms with Gasteiger partial charge in [-0.05, 0) is 12.8 Å². The van der Waals surface area contributed by atoms with Crippen molar-refractivity contribution in [3.05, 3.63) is 0 Å². The fourth-order valence-corrected chi connectivity index (χ4v) is 2.51. The summed E-state index contributed by atoms with van der Waals surface area (Å²) >= 11 is 0. The minimum Gasteiger partial charge on any atom is -0.469 e. The Balaban J connectivity index is 2.17. The van der Waals surface area contributed by atoms with Crippen LogP contribution in [0.4, 0.5) is 0 Å². The third-order valence-corrected chi connectivity index (χ3v) is 3.56. The van der Waals surface area contributed by atoms with Crippen LogP contribution in [-0.2, 0) is 14.3 Å². The lowest BCUT2D eigenvalue weighted by Gasteiger charge is -2.16. The van der Waals surface area contributed by atoms with Gasteiger partial charge in [-0.3, -0.25) is 4.79 Å². The molecule has 4 nitrogen and oxygen atoms in total. The van der Waals surface area contributed by atoms with Gasteiger partial charge in [0.25, 0.3) is 0 Å². The zero-order chi connectivity index (χ0) is 9.53. The molecule has 74 valence electrons. The van der Waals surface area contributed by atoms with Crippen LogP contribution in [0.3, 0.4) is 0 Å². The van der Waals surface area contributed by atoms with Gasteiger partial charge < -0.3 is 15.2 Å². The predicted molar refractivity (Wildman–Crippen MR) is 46.0 cm³/mol. The Kier molecular flexibility index (Phi) is 1.85. The molecule has 0 bridgehead atoms. The Bertz CT molecular complexity index is 235. The van der Waals surface area contributed by atoms with Crippen LogP contribution in [0.25, 0.3) is 0 Å². The van der Waals surface area contributed by atoms with Gasteiger partial charge >= 0.3 is 5.97 Å². The number of ether oxygens (including phenoxy) is 2. The number of hydrogen-bond acceptors (Lipinski definition) is 4. The van der Waals surface area contributed by atoms with Crippen molar-refractivity contribution < 1.29 is 14.3 Å². The fraction of sp³-hybridized carbons (Fsp3) is 0.889. The highest BCUT2D eigenvalue weighted by atomic mass is 16.5. The van der Waals surface area contributed by atoms with Gasteiger partial charge in [-0.25, -0.2) is 0 Å². The molecular formula is C9H15NO3. The largest absolute Gasteiger partial charge is 0.469 e. The van der Waals surface area contributed by atoms with Crippen LogP contribution in [0.1, 0.15) is 12.8 Å². The average molecular weight is 185 g/mol. The van der Waals surface area contributed by atoms with Gasteiger partial charge in [0.05, 0.1) is 19.1 Å². The van der Waals surface area contributed by atoms with Crippen LogP contribution in [0, 0.1) is 10.8 Å². The number of methoxy groups -OCH3 is 1. The predicted octanol–water partition coefficient (Wildman–Crippen LogP) is -0.0851. The first-order valence-corrected chi connectivity index (χ1v) is 4.57. The van der Waals surface area contributed by atoms with Gasteiger partial charge in [-0.1, -0.05) is 0 Å². The Morgan fingerprint density at radius 1 is 1.69 bits per heavy atom. The summed E-state index contributed by atoms with van der Waals surface area (Å²) in [6.07, 6.45) is 1.78. The summed E-state index contributed by atoms with van der Waals surface area (Å²) in [6.45, 7) is 1.79. The molecule has 2 aliphatic rings. The topological polar surface area (TPSA) is 61.5 Å². The Labute approximate surface area is 77.4 Å². The van der Waals surface area contributed by atoms with Crippen molar-refractivity contribution in [3.8, 4) is 0 Å². The monoisotopic (exact) mass is 185 g/mol. The van der Waals surface area contributed by atoms with E-state index in [2.05, 4.69) is 0 Å². The lowest BCUT2D eigenvalue weighted by atomic mass is 9.92.